The zero-order chi connectivity index (χ0) is 17.9. The van der Waals surface area contributed by atoms with Gasteiger partial charge in [0.1, 0.15) is 11.5 Å². The first-order valence-corrected chi connectivity index (χ1v) is 8.31. The normalized spacial score (nSPS) is 10.7. The van der Waals surface area contributed by atoms with Gasteiger partial charge >= 0.3 is 0 Å². The van der Waals surface area contributed by atoms with Crippen molar-refractivity contribution in [3.8, 4) is 33.8 Å². The van der Waals surface area contributed by atoms with E-state index in [9.17, 15) is 0 Å². The molecular formula is C22H18N2O2. The van der Waals surface area contributed by atoms with Gasteiger partial charge in [0.2, 0.25) is 0 Å². The Morgan fingerprint density at radius 3 is 1.92 bits per heavy atom. The topological polar surface area (TPSA) is 44.2 Å². The molecule has 0 aliphatic heterocycles. The fourth-order valence-electron chi connectivity index (χ4n) is 3.24. The fourth-order valence-corrected chi connectivity index (χ4v) is 3.24. The van der Waals surface area contributed by atoms with Crippen LogP contribution < -0.4 is 9.47 Å². The number of nitrogens with zero attached hydrogens (tertiary/aromatic N) is 2. The molecule has 0 unspecified atom stereocenters. The first-order chi connectivity index (χ1) is 12.8. The lowest BCUT2D eigenvalue weighted by Crippen LogP contribution is -1.95. The third-order valence-corrected chi connectivity index (χ3v) is 4.46. The minimum Gasteiger partial charge on any atom is -0.496 e. The second kappa shape index (κ2) is 6.84. The monoisotopic (exact) mass is 342 g/mol. The molecule has 4 rings (SSSR count). The molecule has 0 saturated carbocycles. The fraction of sp³-hybridized carbons (Fsp3) is 0.0909. The number of hydrogen-bond donors (Lipinski definition) is 0. The van der Waals surface area contributed by atoms with E-state index < -0.39 is 0 Å². The molecule has 26 heavy (non-hydrogen) atoms. The number of hydrogen-bond acceptors (Lipinski definition) is 4. The zero-order valence-electron chi connectivity index (χ0n) is 14.6. The van der Waals surface area contributed by atoms with E-state index in [0.717, 1.165) is 44.5 Å². The highest BCUT2D eigenvalue weighted by molar-refractivity contribution is 6.00. The van der Waals surface area contributed by atoms with E-state index in [1.807, 2.05) is 24.3 Å². The lowest BCUT2D eigenvalue weighted by atomic mass is 9.96. The van der Waals surface area contributed by atoms with Crippen molar-refractivity contribution in [1.29, 1.82) is 0 Å². The Bertz CT molecular complexity index is 1050. The number of benzene rings is 2. The molecule has 0 N–H and O–H groups in total. The van der Waals surface area contributed by atoms with Gasteiger partial charge < -0.3 is 9.47 Å². The largest absolute Gasteiger partial charge is 0.496 e. The minimum atomic E-state index is 0.771. The summed E-state index contributed by atoms with van der Waals surface area (Å²) < 4.78 is 11.5. The second-order valence-corrected chi connectivity index (χ2v) is 5.89. The van der Waals surface area contributed by atoms with Gasteiger partial charge in [-0.15, -0.1) is 0 Å². The van der Waals surface area contributed by atoms with Gasteiger partial charge in [-0.05, 0) is 58.5 Å². The summed E-state index contributed by atoms with van der Waals surface area (Å²) in [4.78, 5) is 8.19. The highest BCUT2D eigenvalue weighted by Crippen LogP contribution is 2.44. The van der Waals surface area contributed by atoms with Crippen LogP contribution in [0.4, 0.5) is 0 Å². The van der Waals surface area contributed by atoms with Crippen LogP contribution >= 0.6 is 0 Å². The molecule has 0 spiro atoms. The van der Waals surface area contributed by atoms with Crippen LogP contribution in [0.15, 0.2) is 73.3 Å². The molecule has 0 atom stereocenters. The lowest BCUT2D eigenvalue weighted by molar-refractivity contribution is 0.401. The number of rotatable bonds is 4. The molecule has 0 aliphatic rings. The van der Waals surface area contributed by atoms with Crippen molar-refractivity contribution in [2.45, 2.75) is 0 Å². The van der Waals surface area contributed by atoms with Crippen molar-refractivity contribution in [3.05, 3.63) is 73.3 Å². The summed E-state index contributed by atoms with van der Waals surface area (Å²) in [6.45, 7) is 0. The molecule has 0 amide bonds. The predicted octanol–water partition coefficient (Wildman–Crippen LogP) is 4.98. The highest BCUT2D eigenvalue weighted by Gasteiger charge is 2.17. The lowest BCUT2D eigenvalue weighted by Gasteiger charge is -2.17. The molecule has 2 aromatic carbocycles. The summed E-state index contributed by atoms with van der Waals surface area (Å²) in [7, 11) is 3.37. The Balaban J connectivity index is 1.98. The van der Waals surface area contributed by atoms with Crippen LogP contribution in [-0.4, -0.2) is 24.2 Å². The number of ether oxygens (including phenoxy) is 2. The number of pyridine rings is 2. The molecular weight excluding hydrogens is 324 g/mol. The molecule has 4 aromatic rings. The molecule has 0 fully saturated rings. The molecule has 0 bridgehead atoms. The molecule has 0 aliphatic carbocycles. The van der Waals surface area contributed by atoms with E-state index in [4.69, 9.17) is 9.47 Å². The molecule has 2 aromatic heterocycles. The molecule has 2 heterocycles. The summed E-state index contributed by atoms with van der Waals surface area (Å²) in [6, 6.07) is 16.3. The van der Waals surface area contributed by atoms with Crippen LogP contribution in [0.1, 0.15) is 0 Å². The van der Waals surface area contributed by atoms with Crippen LogP contribution in [0.2, 0.25) is 0 Å². The van der Waals surface area contributed by atoms with Crippen molar-refractivity contribution in [2.24, 2.45) is 0 Å². The van der Waals surface area contributed by atoms with Crippen molar-refractivity contribution in [2.75, 3.05) is 14.2 Å². The molecule has 128 valence electrons. The number of aromatic nitrogens is 2. The Morgan fingerprint density at radius 1 is 0.654 bits per heavy atom. The predicted molar refractivity (Wildman–Crippen MR) is 104 cm³/mol. The van der Waals surface area contributed by atoms with Gasteiger partial charge in [0.15, 0.2) is 0 Å². The third-order valence-electron chi connectivity index (χ3n) is 4.46. The van der Waals surface area contributed by atoms with Gasteiger partial charge in [-0.2, -0.15) is 0 Å². The number of fused-ring (bicyclic) bond motifs is 1. The first kappa shape index (κ1) is 16.1. The molecule has 4 heteroatoms. The highest BCUT2D eigenvalue weighted by atomic mass is 16.5. The van der Waals surface area contributed by atoms with E-state index in [1.165, 1.54) is 0 Å². The average Bonchev–Trinajstić information content (AvgIpc) is 2.73. The Morgan fingerprint density at radius 2 is 1.31 bits per heavy atom. The Kier molecular flexibility index (Phi) is 4.23. The van der Waals surface area contributed by atoms with Crippen LogP contribution in [-0.2, 0) is 0 Å². The molecule has 0 radical (unpaired) electrons. The summed E-state index contributed by atoms with van der Waals surface area (Å²) >= 11 is 0. The van der Waals surface area contributed by atoms with Crippen LogP contribution in [0.5, 0.6) is 11.5 Å². The molecule has 4 nitrogen and oxygen atoms in total. The first-order valence-electron chi connectivity index (χ1n) is 8.31. The van der Waals surface area contributed by atoms with E-state index in [0.29, 0.717) is 0 Å². The maximum absolute atomic E-state index is 5.79. The Labute approximate surface area is 152 Å². The van der Waals surface area contributed by atoms with Gasteiger partial charge in [-0.1, -0.05) is 12.1 Å². The smallest absolute Gasteiger partial charge is 0.138 e. The van der Waals surface area contributed by atoms with Gasteiger partial charge in [0.25, 0.3) is 0 Å². The van der Waals surface area contributed by atoms with Crippen LogP contribution in [0, 0.1) is 0 Å². The van der Waals surface area contributed by atoms with Gasteiger partial charge in [-0.3, -0.25) is 9.97 Å². The van der Waals surface area contributed by atoms with E-state index in [-0.39, 0.29) is 0 Å². The zero-order valence-corrected chi connectivity index (χ0v) is 14.6. The minimum absolute atomic E-state index is 0.771. The SMILES string of the molecule is COc1cc2cc(-c3ccncc3)ccc2c(OC)c1-c1ccncc1. The van der Waals surface area contributed by atoms with E-state index >= 15 is 0 Å². The summed E-state index contributed by atoms with van der Waals surface area (Å²) in [5, 5.41) is 2.10. The van der Waals surface area contributed by atoms with Crippen LogP contribution in [0.25, 0.3) is 33.0 Å². The van der Waals surface area contributed by atoms with E-state index in [2.05, 4.69) is 34.2 Å². The average molecular weight is 342 g/mol. The van der Waals surface area contributed by atoms with Gasteiger partial charge in [0, 0.05) is 30.2 Å². The van der Waals surface area contributed by atoms with Crippen molar-refractivity contribution in [1.82, 2.24) is 9.97 Å². The van der Waals surface area contributed by atoms with Crippen molar-refractivity contribution >= 4 is 10.8 Å². The van der Waals surface area contributed by atoms with Crippen LogP contribution in [0.3, 0.4) is 0 Å². The third kappa shape index (κ3) is 2.75. The summed E-state index contributed by atoms with van der Waals surface area (Å²) in [5.41, 5.74) is 4.19. The maximum atomic E-state index is 5.79. The second-order valence-electron chi connectivity index (χ2n) is 5.89. The Hall–Kier alpha value is -3.40. The van der Waals surface area contributed by atoms with E-state index in [1.54, 1.807) is 39.0 Å². The number of methoxy groups -OCH3 is 2. The quantitative estimate of drug-likeness (QED) is 0.524. The van der Waals surface area contributed by atoms with Crippen molar-refractivity contribution in [3.63, 3.8) is 0 Å². The van der Waals surface area contributed by atoms with Gasteiger partial charge in [-0.25, -0.2) is 0 Å². The van der Waals surface area contributed by atoms with Crippen molar-refractivity contribution < 1.29 is 9.47 Å². The maximum Gasteiger partial charge on any atom is 0.138 e. The van der Waals surface area contributed by atoms with Gasteiger partial charge in [0.05, 0.1) is 19.8 Å². The summed E-state index contributed by atoms with van der Waals surface area (Å²) in [5.74, 6) is 1.57. The summed E-state index contributed by atoms with van der Waals surface area (Å²) in [6.07, 6.45) is 7.14. The standard InChI is InChI=1S/C22H18N2O2/c1-25-20-14-18-13-17(15-5-9-23-10-6-15)3-4-19(18)22(26-2)21(20)16-7-11-24-12-8-16/h3-14H,1-2H3. The molecule has 0 saturated heterocycles.